The Labute approximate surface area is 209 Å². The molecule has 0 aromatic heterocycles. The number of carbonyl (C=O) groups is 2. The molecule has 5 atom stereocenters. The number of rotatable bonds is 13. The lowest BCUT2D eigenvalue weighted by Crippen LogP contribution is -2.33. The van der Waals surface area contributed by atoms with Gasteiger partial charge in [0.25, 0.3) is 0 Å². The first kappa shape index (κ1) is 27.4. The molecule has 0 spiro atoms. The first-order valence-corrected chi connectivity index (χ1v) is 12.8. The second-order valence-corrected chi connectivity index (χ2v) is 9.36. The highest BCUT2D eigenvalue weighted by Crippen LogP contribution is 2.40. The Morgan fingerprint density at radius 2 is 1.91 bits per heavy atom. The average Bonchev–Trinajstić information content (AvgIpc) is 3.17. The molecule has 1 aliphatic carbocycles. The van der Waals surface area contributed by atoms with E-state index in [4.69, 9.17) is 23.7 Å². The van der Waals surface area contributed by atoms with Gasteiger partial charge in [0, 0.05) is 38.2 Å². The van der Waals surface area contributed by atoms with Crippen molar-refractivity contribution in [3.8, 4) is 0 Å². The topological polar surface area (TPSA) is 80.3 Å². The van der Waals surface area contributed by atoms with Gasteiger partial charge in [-0.1, -0.05) is 42.5 Å². The van der Waals surface area contributed by atoms with Crippen molar-refractivity contribution in [1.82, 2.24) is 0 Å². The van der Waals surface area contributed by atoms with Crippen molar-refractivity contribution < 1.29 is 33.3 Å². The molecule has 3 rings (SSSR count). The van der Waals surface area contributed by atoms with E-state index in [9.17, 15) is 9.59 Å². The highest BCUT2D eigenvalue weighted by Gasteiger charge is 2.46. The Bertz CT molecular complexity index is 788. The predicted molar refractivity (Wildman–Crippen MR) is 131 cm³/mol. The molecule has 1 heterocycles. The van der Waals surface area contributed by atoms with Crippen LogP contribution in [0.15, 0.2) is 42.5 Å². The second-order valence-electron chi connectivity index (χ2n) is 9.36. The van der Waals surface area contributed by atoms with Crippen LogP contribution in [-0.4, -0.2) is 50.8 Å². The van der Waals surface area contributed by atoms with Crippen molar-refractivity contribution in [3.63, 3.8) is 0 Å². The fraction of sp³-hybridized carbons (Fsp3) is 0.643. The van der Waals surface area contributed by atoms with Crippen LogP contribution in [0.5, 0.6) is 0 Å². The van der Waals surface area contributed by atoms with Gasteiger partial charge in [-0.2, -0.15) is 0 Å². The molecule has 0 N–H and O–H groups in total. The second kappa shape index (κ2) is 15.0. The van der Waals surface area contributed by atoms with Crippen LogP contribution < -0.4 is 0 Å². The molecule has 0 amide bonds. The van der Waals surface area contributed by atoms with E-state index in [1.54, 1.807) is 0 Å². The van der Waals surface area contributed by atoms with Crippen LogP contribution in [0.4, 0.5) is 0 Å². The van der Waals surface area contributed by atoms with E-state index in [2.05, 4.69) is 24.3 Å². The van der Waals surface area contributed by atoms with Gasteiger partial charge >= 0.3 is 11.9 Å². The van der Waals surface area contributed by atoms with E-state index >= 15 is 0 Å². The molecule has 1 saturated heterocycles. The van der Waals surface area contributed by atoms with Crippen LogP contribution in [0.2, 0.25) is 0 Å². The third-order valence-electron chi connectivity index (χ3n) is 6.73. The van der Waals surface area contributed by atoms with E-state index in [1.807, 2.05) is 18.2 Å². The molecule has 0 radical (unpaired) electrons. The van der Waals surface area contributed by atoms with E-state index < -0.39 is 0 Å². The summed E-state index contributed by atoms with van der Waals surface area (Å²) < 4.78 is 28.9. The van der Waals surface area contributed by atoms with Gasteiger partial charge in [0.05, 0.1) is 26.4 Å². The highest BCUT2D eigenvalue weighted by molar-refractivity contribution is 5.69. The fourth-order valence-electron chi connectivity index (χ4n) is 4.93. The van der Waals surface area contributed by atoms with Crippen LogP contribution in [0.25, 0.3) is 0 Å². The number of esters is 2. The minimum Gasteiger partial charge on any atom is -0.469 e. The van der Waals surface area contributed by atoms with Gasteiger partial charge in [-0.15, -0.1) is 0 Å². The van der Waals surface area contributed by atoms with Gasteiger partial charge in [-0.3, -0.25) is 9.59 Å². The fourth-order valence-corrected chi connectivity index (χ4v) is 4.93. The number of benzene rings is 1. The molecule has 1 aromatic rings. The van der Waals surface area contributed by atoms with Gasteiger partial charge < -0.3 is 23.7 Å². The molecule has 7 heteroatoms. The van der Waals surface area contributed by atoms with Gasteiger partial charge in [0.15, 0.2) is 6.29 Å². The van der Waals surface area contributed by atoms with Crippen LogP contribution in [-0.2, 0) is 39.9 Å². The molecular formula is C28H40O7. The Morgan fingerprint density at radius 1 is 1.09 bits per heavy atom. The first-order chi connectivity index (χ1) is 17.1. The number of methoxy groups -OCH3 is 1. The Balaban J connectivity index is 1.64. The zero-order valence-electron chi connectivity index (χ0n) is 21.1. The number of hydrogen-bond donors (Lipinski definition) is 0. The smallest absolute Gasteiger partial charge is 0.305 e. The quantitative estimate of drug-likeness (QED) is 0.220. The number of ether oxygens (including phenoxy) is 5. The Hall–Kier alpha value is -2.22. The molecular weight excluding hydrogens is 448 g/mol. The SMILES string of the molecule is COC(=O)CCC/C=C\CC1C(OC(C)=O)CC(OC2CCCCO2)C1COCc1ccccc1. The minimum atomic E-state index is -0.277. The molecule has 5 unspecified atom stereocenters. The number of allylic oxidation sites excluding steroid dienone is 2. The standard InChI is InChI=1S/C28H40O7/c1-21(29)34-25-18-26(35-28-16-10-11-17-33-28)24(20-32-19-22-12-6-5-7-13-22)23(25)14-8-3-4-9-15-27(30)31-2/h3,5-8,12-13,23-26,28H,4,9-11,14-20H2,1-2H3/b8-3-. The van der Waals surface area contributed by atoms with Gasteiger partial charge in [0.1, 0.15) is 6.10 Å². The lowest BCUT2D eigenvalue weighted by atomic mass is 9.90. The van der Waals surface area contributed by atoms with Gasteiger partial charge in [-0.25, -0.2) is 0 Å². The monoisotopic (exact) mass is 488 g/mol. The molecule has 1 aliphatic heterocycles. The van der Waals surface area contributed by atoms with Crippen molar-refractivity contribution in [2.45, 2.75) is 83.4 Å². The molecule has 194 valence electrons. The summed E-state index contributed by atoms with van der Waals surface area (Å²) in [4.78, 5) is 23.2. The van der Waals surface area contributed by atoms with E-state index in [0.717, 1.165) is 50.7 Å². The molecule has 1 aromatic carbocycles. The summed E-state index contributed by atoms with van der Waals surface area (Å²) in [6.45, 7) is 3.22. The zero-order chi connectivity index (χ0) is 24.9. The molecule has 1 saturated carbocycles. The lowest BCUT2D eigenvalue weighted by Gasteiger charge is -2.30. The molecule has 2 aliphatic rings. The Morgan fingerprint density at radius 3 is 2.63 bits per heavy atom. The van der Waals surface area contributed by atoms with Crippen molar-refractivity contribution in [2.24, 2.45) is 11.8 Å². The zero-order valence-corrected chi connectivity index (χ0v) is 21.1. The van der Waals surface area contributed by atoms with Crippen molar-refractivity contribution >= 4 is 11.9 Å². The van der Waals surface area contributed by atoms with Gasteiger partial charge in [-0.05, 0) is 44.1 Å². The van der Waals surface area contributed by atoms with Crippen molar-refractivity contribution in [2.75, 3.05) is 20.3 Å². The molecule has 0 bridgehead atoms. The largest absolute Gasteiger partial charge is 0.469 e. The normalized spacial score (nSPS) is 26.6. The lowest BCUT2D eigenvalue weighted by molar-refractivity contribution is -0.199. The molecule has 7 nitrogen and oxygen atoms in total. The summed E-state index contributed by atoms with van der Waals surface area (Å²) in [6.07, 6.45) is 10.1. The third kappa shape index (κ3) is 9.39. The average molecular weight is 489 g/mol. The van der Waals surface area contributed by atoms with Crippen LogP contribution in [0, 0.1) is 11.8 Å². The summed E-state index contributed by atoms with van der Waals surface area (Å²) in [5, 5.41) is 0. The maximum absolute atomic E-state index is 11.9. The first-order valence-electron chi connectivity index (χ1n) is 12.8. The van der Waals surface area contributed by atoms with Crippen LogP contribution in [0.3, 0.4) is 0 Å². The summed E-state index contributed by atoms with van der Waals surface area (Å²) in [5.41, 5.74) is 1.12. The van der Waals surface area contributed by atoms with E-state index in [0.29, 0.717) is 26.1 Å². The van der Waals surface area contributed by atoms with Crippen LogP contribution >= 0.6 is 0 Å². The predicted octanol–water partition coefficient (Wildman–Crippen LogP) is 4.97. The van der Waals surface area contributed by atoms with Crippen molar-refractivity contribution in [3.05, 3.63) is 48.0 Å². The maximum Gasteiger partial charge on any atom is 0.305 e. The number of carbonyl (C=O) groups excluding carboxylic acids is 2. The molecule has 35 heavy (non-hydrogen) atoms. The van der Waals surface area contributed by atoms with E-state index in [1.165, 1.54) is 14.0 Å². The summed E-state index contributed by atoms with van der Waals surface area (Å²) in [5.74, 6) is -0.307. The summed E-state index contributed by atoms with van der Waals surface area (Å²) in [7, 11) is 1.41. The minimum absolute atomic E-state index is 0.0771. The molecule has 2 fully saturated rings. The summed E-state index contributed by atoms with van der Waals surface area (Å²) >= 11 is 0. The van der Waals surface area contributed by atoms with Gasteiger partial charge in [0.2, 0.25) is 0 Å². The Kier molecular flexibility index (Phi) is 11.7. The number of unbranched alkanes of at least 4 members (excludes halogenated alkanes) is 1. The third-order valence-corrected chi connectivity index (χ3v) is 6.73. The maximum atomic E-state index is 11.9. The summed E-state index contributed by atoms with van der Waals surface area (Å²) in [6, 6.07) is 10.1. The van der Waals surface area contributed by atoms with Crippen LogP contribution in [0.1, 0.15) is 63.9 Å². The number of hydrogen-bond acceptors (Lipinski definition) is 7. The highest BCUT2D eigenvalue weighted by atomic mass is 16.7. The van der Waals surface area contributed by atoms with Crippen molar-refractivity contribution in [1.29, 1.82) is 0 Å². The van der Waals surface area contributed by atoms with E-state index in [-0.39, 0.29) is 42.3 Å².